The highest BCUT2D eigenvalue weighted by Gasteiger charge is 2.12. The molecule has 1 aliphatic heterocycles. The zero-order valence-corrected chi connectivity index (χ0v) is 14.7. The lowest BCUT2D eigenvalue weighted by molar-refractivity contribution is 0.0991. The number of benzene rings is 1. The van der Waals surface area contributed by atoms with Gasteiger partial charge < -0.3 is 15.5 Å². The maximum absolute atomic E-state index is 12.3. The number of aryl methyl sites for hydroxylation is 1. The predicted octanol–water partition coefficient (Wildman–Crippen LogP) is 2.94. The van der Waals surface area contributed by atoms with Crippen molar-refractivity contribution in [3.8, 4) is 0 Å². The van der Waals surface area contributed by atoms with Crippen LogP contribution in [0.25, 0.3) is 0 Å². The Morgan fingerprint density at radius 1 is 1.26 bits per heavy atom. The molecule has 0 saturated carbocycles. The average Bonchev–Trinajstić information content (AvgIpc) is 2.60. The summed E-state index contributed by atoms with van der Waals surface area (Å²) < 4.78 is 0. The van der Waals surface area contributed by atoms with Crippen molar-refractivity contribution in [2.45, 2.75) is 39.5 Å². The first-order valence-electron chi connectivity index (χ1n) is 9.07. The summed E-state index contributed by atoms with van der Waals surface area (Å²) in [5, 5.41) is 6.67. The summed E-state index contributed by atoms with van der Waals surface area (Å²) in [6, 6.07) is 6.05. The van der Waals surface area contributed by atoms with Crippen molar-refractivity contribution in [1.29, 1.82) is 0 Å². The minimum Gasteiger partial charge on any atom is -0.385 e. The van der Waals surface area contributed by atoms with Crippen molar-refractivity contribution < 1.29 is 4.79 Å². The van der Waals surface area contributed by atoms with Crippen molar-refractivity contribution in [3.05, 3.63) is 29.3 Å². The predicted molar refractivity (Wildman–Crippen MR) is 97.5 cm³/mol. The van der Waals surface area contributed by atoms with Crippen molar-refractivity contribution in [3.63, 3.8) is 0 Å². The van der Waals surface area contributed by atoms with Crippen LogP contribution < -0.4 is 10.6 Å². The topological polar surface area (TPSA) is 44.4 Å². The second-order valence-corrected chi connectivity index (χ2v) is 6.24. The summed E-state index contributed by atoms with van der Waals surface area (Å²) in [4.78, 5) is 14.7. The third kappa shape index (κ3) is 5.63. The first-order valence-corrected chi connectivity index (χ1v) is 9.07. The van der Waals surface area contributed by atoms with E-state index < -0.39 is 0 Å². The van der Waals surface area contributed by atoms with E-state index in [4.69, 9.17) is 0 Å². The normalized spacial score (nSPS) is 13.7. The second-order valence-electron chi connectivity index (χ2n) is 6.24. The van der Waals surface area contributed by atoms with Gasteiger partial charge in [-0.3, -0.25) is 4.79 Å². The van der Waals surface area contributed by atoms with Gasteiger partial charge in [0.25, 0.3) is 0 Å². The lowest BCUT2D eigenvalue weighted by Gasteiger charge is -2.18. The molecule has 0 unspecified atom stereocenters. The molecule has 1 aromatic rings. The maximum atomic E-state index is 12.3. The molecule has 2 N–H and O–H groups in total. The number of hydrogen-bond donors (Lipinski definition) is 2. The Kier molecular flexibility index (Phi) is 7.56. The molecule has 128 valence electrons. The standard InChI is InChI=1S/C19H31N3O/c1-3-22(4-2)13-6-5-11-20-15-19(23)17-9-10-18-16(14-17)8-7-12-21-18/h9-10,14,20-21H,3-8,11-13,15H2,1-2H3. The van der Waals surface area contributed by atoms with Gasteiger partial charge in [0.2, 0.25) is 0 Å². The van der Waals surface area contributed by atoms with Crippen LogP contribution in [-0.2, 0) is 6.42 Å². The molecule has 23 heavy (non-hydrogen) atoms. The monoisotopic (exact) mass is 317 g/mol. The second kappa shape index (κ2) is 9.68. The zero-order valence-electron chi connectivity index (χ0n) is 14.7. The van der Waals surface area contributed by atoms with Gasteiger partial charge in [-0.25, -0.2) is 0 Å². The van der Waals surface area contributed by atoms with Crippen molar-refractivity contribution >= 4 is 11.5 Å². The molecule has 4 heteroatoms. The van der Waals surface area contributed by atoms with Gasteiger partial charge >= 0.3 is 0 Å². The van der Waals surface area contributed by atoms with Crippen molar-refractivity contribution in [2.24, 2.45) is 0 Å². The van der Waals surface area contributed by atoms with Crippen LogP contribution in [-0.4, -0.2) is 50.0 Å². The fraction of sp³-hybridized carbons (Fsp3) is 0.632. The van der Waals surface area contributed by atoms with Gasteiger partial charge in [-0.1, -0.05) is 13.8 Å². The SMILES string of the molecule is CCN(CC)CCCCNCC(=O)c1ccc2c(c1)CCCN2. The summed E-state index contributed by atoms with van der Waals surface area (Å²) in [6.07, 6.45) is 4.53. The largest absolute Gasteiger partial charge is 0.385 e. The van der Waals surface area contributed by atoms with Gasteiger partial charge in [-0.2, -0.15) is 0 Å². The molecule has 0 radical (unpaired) electrons. The lowest BCUT2D eigenvalue weighted by atomic mass is 9.99. The number of anilines is 1. The Labute approximate surface area is 140 Å². The molecular weight excluding hydrogens is 286 g/mol. The number of rotatable bonds is 10. The molecule has 1 aromatic carbocycles. The first-order chi connectivity index (χ1) is 11.2. The molecule has 4 nitrogen and oxygen atoms in total. The number of nitrogens with one attached hydrogen (secondary N) is 2. The van der Waals surface area contributed by atoms with Crippen LogP contribution in [0.5, 0.6) is 0 Å². The van der Waals surface area contributed by atoms with Crippen LogP contribution in [0.1, 0.15) is 49.0 Å². The van der Waals surface area contributed by atoms with Gasteiger partial charge in [-0.05, 0) is 75.6 Å². The Morgan fingerprint density at radius 3 is 2.87 bits per heavy atom. The van der Waals surface area contributed by atoms with Gasteiger partial charge in [0.15, 0.2) is 5.78 Å². The van der Waals surface area contributed by atoms with Crippen molar-refractivity contribution in [2.75, 3.05) is 44.6 Å². The van der Waals surface area contributed by atoms with E-state index in [2.05, 4.69) is 35.4 Å². The summed E-state index contributed by atoms with van der Waals surface area (Å²) in [6.45, 7) is 10.2. The number of carbonyl (C=O) groups excluding carboxylic acids is 1. The van der Waals surface area contributed by atoms with E-state index in [9.17, 15) is 4.79 Å². The molecule has 0 fully saturated rings. The number of Topliss-reactive ketones (excluding diaryl/α,β-unsaturated/α-hetero) is 1. The quantitative estimate of drug-likeness (QED) is 0.514. The van der Waals surface area contributed by atoms with Crippen LogP contribution in [0.3, 0.4) is 0 Å². The fourth-order valence-electron chi connectivity index (χ4n) is 3.08. The molecule has 1 aliphatic rings. The highest BCUT2D eigenvalue weighted by Crippen LogP contribution is 2.22. The Morgan fingerprint density at radius 2 is 2.09 bits per heavy atom. The lowest BCUT2D eigenvalue weighted by Crippen LogP contribution is -2.27. The van der Waals surface area contributed by atoms with Gasteiger partial charge in [0.05, 0.1) is 6.54 Å². The van der Waals surface area contributed by atoms with E-state index in [-0.39, 0.29) is 5.78 Å². The number of fused-ring (bicyclic) bond motifs is 1. The van der Waals surface area contributed by atoms with E-state index >= 15 is 0 Å². The summed E-state index contributed by atoms with van der Waals surface area (Å²) in [5.74, 6) is 0.196. The summed E-state index contributed by atoms with van der Waals surface area (Å²) >= 11 is 0. The van der Waals surface area contributed by atoms with E-state index in [0.29, 0.717) is 6.54 Å². The van der Waals surface area contributed by atoms with E-state index in [1.807, 2.05) is 12.1 Å². The third-order valence-electron chi connectivity index (χ3n) is 4.62. The number of unbranched alkanes of at least 4 members (excludes halogenated alkanes) is 1. The highest BCUT2D eigenvalue weighted by molar-refractivity contribution is 5.98. The molecule has 0 aromatic heterocycles. The highest BCUT2D eigenvalue weighted by atomic mass is 16.1. The molecule has 0 aliphatic carbocycles. The Bertz CT molecular complexity index is 497. The van der Waals surface area contributed by atoms with Gasteiger partial charge in [0, 0.05) is 17.8 Å². The zero-order chi connectivity index (χ0) is 16.5. The molecule has 1 heterocycles. The van der Waals surface area contributed by atoms with Crippen LogP contribution in [0.4, 0.5) is 5.69 Å². The summed E-state index contributed by atoms with van der Waals surface area (Å²) in [7, 11) is 0. The van der Waals surface area contributed by atoms with Crippen LogP contribution >= 0.6 is 0 Å². The minimum absolute atomic E-state index is 0.196. The molecule has 2 rings (SSSR count). The Balaban J connectivity index is 1.67. The molecule has 0 spiro atoms. The fourth-order valence-corrected chi connectivity index (χ4v) is 3.08. The average molecular weight is 317 g/mol. The Hall–Kier alpha value is -1.39. The third-order valence-corrected chi connectivity index (χ3v) is 4.62. The number of carbonyl (C=O) groups is 1. The molecule has 0 atom stereocenters. The number of hydrogen-bond acceptors (Lipinski definition) is 4. The summed E-state index contributed by atoms with van der Waals surface area (Å²) in [5.41, 5.74) is 3.31. The first kappa shape index (κ1) is 18.0. The van der Waals surface area contributed by atoms with E-state index in [0.717, 1.165) is 57.5 Å². The van der Waals surface area contributed by atoms with Gasteiger partial charge in [0.1, 0.15) is 0 Å². The minimum atomic E-state index is 0.196. The number of nitrogens with zero attached hydrogens (tertiary/aromatic N) is 1. The van der Waals surface area contributed by atoms with Crippen LogP contribution in [0.15, 0.2) is 18.2 Å². The van der Waals surface area contributed by atoms with Crippen LogP contribution in [0.2, 0.25) is 0 Å². The van der Waals surface area contributed by atoms with E-state index in [1.165, 1.54) is 17.7 Å². The van der Waals surface area contributed by atoms with Crippen molar-refractivity contribution in [1.82, 2.24) is 10.2 Å². The molecule has 0 saturated heterocycles. The maximum Gasteiger partial charge on any atom is 0.176 e. The number of ketones is 1. The van der Waals surface area contributed by atoms with E-state index in [1.54, 1.807) is 0 Å². The van der Waals surface area contributed by atoms with Crippen LogP contribution in [0, 0.1) is 0 Å². The molecular formula is C19H31N3O. The molecule has 0 amide bonds. The molecule has 0 bridgehead atoms. The smallest absolute Gasteiger partial charge is 0.176 e. The van der Waals surface area contributed by atoms with Gasteiger partial charge in [-0.15, -0.1) is 0 Å².